The number of unbranched alkanes of at least 4 members (excludes halogenated alkanes) is 5. The van der Waals surface area contributed by atoms with Crippen LogP contribution < -0.4 is 40.3 Å². The number of aromatic nitrogens is 4. The first-order valence-electron chi connectivity index (χ1n) is 29.7. The van der Waals surface area contributed by atoms with Gasteiger partial charge in [-0.15, -0.1) is 0 Å². The molecule has 11 heteroatoms. The van der Waals surface area contributed by atoms with Gasteiger partial charge in [0.05, 0.1) is 25.9 Å². The van der Waals surface area contributed by atoms with Crippen molar-refractivity contribution in [1.82, 2.24) is 34.6 Å². The van der Waals surface area contributed by atoms with Gasteiger partial charge < -0.3 is 53.6 Å². The average molecular weight is 1090 g/mol. The lowest BCUT2D eigenvalue weighted by Crippen LogP contribution is -2.20. The molecule has 0 fully saturated rings. The van der Waals surface area contributed by atoms with Gasteiger partial charge in [-0.25, -0.2) is 0 Å². The Labute approximate surface area is 481 Å². The molecule has 1 atom stereocenters. The number of ether oxygens (including phenoxy) is 4. The van der Waals surface area contributed by atoms with Crippen molar-refractivity contribution in [2.45, 2.75) is 90.6 Å². The number of aromatic amines is 4. The van der Waals surface area contributed by atoms with Crippen molar-refractivity contribution in [2.24, 2.45) is 0 Å². The van der Waals surface area contributed by atoms with Crippen LogP contribution in [0.5, 0.6) is 23.0 Å². The van der Waals surface area contributed by atoms with E-state index < -0.39 is 0 Å². The number of benzene rings is 4. The molecular weight excluding hydrogens is 1000 g/mol. The third-order valence-corrected chi connectivity index (χ3v) is 15.1. The Morgan fingerprint density at radius 3 is 1.20 bits per heavy atom. The molecule has 0 radical (unpaired) electrons. The predicted molar refractivity (Wildman–Crippen MR) is 333 cm³/mol. The highest BCUT2D eigenvalue weighted by Gasteiger charge is 2.22. The summed E-state index contributed by atoms with van der Waals surface area (Å²) in [5.41, 5.74) is 12.0. The number of rotatable bonds is 29. The van der Waals surface area contributed by atoms with E-state index in [1.165, 1.54) is 32.1 Å². The van der Waals surface area contributed by atoms with Crippen LogP contribution in [0.15, 0.2) is 146 Å². The highest BCUT2D eigenvalue weighted by atomic mass is 16.5. The lowest BCUT2D eigenvalue weighted by atomic mass is 10.0. The summed E-state index contributed by atoms with van der Waals surface area (Å²) in [6.45, 7) is 9.25. The summed E-state index contributed by atoms with van der Waals surface area (Å²) in [5, 5.41) is 3.83. The molecule has 1 aliphatic rings. The van der Waals surface area contributed by atoms with Crippen LogP contribution in [0.1, 0.15) is 130 Å². The Kier molecular flexibility index (Phi) is 20.7. The Hall–Kier alpha value is -7.44. The SMILES string of the molecule is CCCCCCCCC(CC)Oc1ccccc1C1=c2ccc([nH]2)=C(c2cccc(OCCCN(C)C)c2)c2ccc([nH]2)C(c2cccc(OCCCN(C)C)c2)=c2ccc([nH]2)=C(c2cccc(OCCCN(C)C)c2)c2ccc1[nH]2. The van der Waals surface area contributed by atoms with Crippen LogP contribution in [0.4, 0.5) is 0 Å². The van der Waals surface area contributed by atoms with E-state index >= 15 is 0 Å². The topological polar surface area (TPSA) is 110 Å². The number of hydrogen-bond donors (Lipinski definition) is 4. The lowest BCUT2D eigenvalue weighted by molar-refractivity contribution is 0.182. The van der Waals surface area contributed by atoms with Crippen molar-refractivity contribution in [3.63, 3.8) is 0 Å². The zero-order valence-electron chi connectivity index (χ0n) is 49.4. The van der Waals surface area contributed by atoms with E-state index in [2.05, 4.69) is 236 Å². The molecule has 426 valence electrons. The van der Waals surface area contributed by atoms with Crippen LogP contribution in [0.2, 0.25) is 0 Å². The van der Waals surface area contributed by atoms with Gasteiger partial charge in [-0.1, -0.05) is 101 Å². The maximum Gasteiger partial charge on any atom is 0.127 e. The number of nitrogens with zero attached hydrogens (tertiary/aromatic N) is 3. The van der Waals surface area contributed by atoms with Gasteiger partial charge in [-0.05, 0) is 188 Å². The molecule has 4 N–H and O–H groups in total. The first-order chi connectivity index (χ1) is 39.5. The minimum atomic E-state index is 0.0890. The molecule has 9 rings (SSSR count). The molecule has 0 amide bonds. The number of hydrogen-bond acceptors (Lipinski definition) is 7. The molecule has 11 nitrogen and oxygen atoms in total. The highest BCUT2D eigenvalue weighted by Crippen LogP contribution is 2.34. The Morgan fingerprint density at radius 2 is 0.778 bits per heavy atom. The third kappa shape index (κ3) is 15.5. The monoisotopic (exact) mass is 1090 g/mol. The van der Waals surface area contributed by atoms with Crippen LogP contribution in [-0.2, 0) is 0 Å². The van der Waals surface area contributed by atoms with Gasteiger partial charge in [0, 0.05) is 91.7 Å². The van der Waals surface area contributed by atoms with Crippen molar-refractivity contribution in [2.75, 3.05) is 81.7 Å². The fourth-order valence-electron chi connectivity index (χ4n) is 10.9. The Balaban J connectivity index is 1.27. The van der Waals surface area contributed by atoms with Gasteiger partial charge in [0.1, 0.15) is 23.0 Å². The first kappa shape index (κ1) is 58.2. The molecule has 8 aromatic rings. The number of para-hydroxylation sites is 1. The fraction of sp³-hybridized carbons (Fsp3) is 0.371. The van der Waals surface area contributed by atoms with Crippen LogP contribution in [-0.4, -0.2) is 122 Å². The van der Waals surface area contributed by atoms with Crippen molar-refractivity contribution >= 4 is 22.3 Å². The average Bonchev–Trinajstić information content (AvgIpc) is 4.45. The molecule has 5 heterocycles. The van der Waals surface area contributed by atoms with E-state index in [0.29, 0.717) is 19.8 Å². The molecule has 0 saturated carbocycles. The molecule has 0 saturated heterocycles. The lowest BCUT2D eigenvalue weighted by Gasteiger charge is -2.21. The largest absolute Gasteiger partial charge is 0.494 e. The summed E-state index contributed by atoms with van der Waals surface area (Å²) < 4.78 is 26.5. The van der Waals surface area contributed by atoms with Crippen molar-refractivity contribution < 1.29 is 18.9 Å². The van der Waals surface area contributed by atoms with Gasteiger partial charge >= 0.3 is 0 Å². The van der Waals surface area contributed by atoms with Crippen LogP contribution in [0.25, 0.3) is 22.3 Å². The van der Waals surface area contributed by atoms with E-state index in [9.17, 15) is 0 Å². The summed E-state index contributed by atoms with van der Waals surface area (Å²) in [7, 11) is 12.6. The van der Waals surface area contributed by atoms with Crippen molar-refractivity contribution in [3.8, 4) is 23.0 Å². The molecule has 81 heavy (non-hydrogen) atoms. The smallest absolute Gasteiger partial charge is 0.127 e. The van der Waals surface area contributed by atoms with E-state index in [1.54, 1.807) is 0 Å². The molecule has 1 unspecified atom stereocenters. The standard InChI is InChI=1S/C70H87N7O4/c1-9-11-12-13-14-15-27-53(10-2)81-66-32-17-16-31-57(66)70-64-39-37-62(73-64)68(51-25-19-29-55(48-51)79-45-22-42-76(5)6)60-35-33-58(71-60)67(50-24-18-28-54(47-50)78-44-21-41-75(3)4)59-34-36-61(72-59)69(63-38-40-65(70)74-63)52-26-20-30-56(49-52)80-46-23-43-77(7)8/h16-20,24-26,28-40,47-49,53,71-74H,9-15,21-23,27,41-46H2,1-8H3. The normalized spacial score (nSPS) is 13.0. The van der Waals surface area contributed by atoms with Crippen molar-refractivity contribution in [3.05, 3.63) is 212 Å². The first-order valence-corrected chi connectivity index (χ1v) is 29.7. The second kappa shape index (κ2) is 28.8. The Morgan fingerprint density at radius 1 is 0.383 bits per heavy atom. The molecular formula is C70H87N7O4. The Bertz CT molecular complexity index is 3540. The number of fused-ring (bicyclic) bond motifs is 8. The summed E-state index contributed by atoms with van der Waals surface area (Å²) in [6.07, 6.45) is 12.3. The van der Waals surface area contributed by atoms with Gasteiger partial charge in [-0.3, -0.25) is 0 Å². The molecule has 0 aliphatic carbocycles. The van der Waals surface area contributed by atoms with Gasteiger partial charge in [0.15, 0.2) is 0 Å². The predicted octanol–water partition coefficient (Wildman–Crippen LogP) is 11.2. The van der Waals surface area contributed by atoms with Crippen molar-refractivity contribution in [1.29, 1.82) is 0 Å². The van der Waals surface area contributed by atoms with Crippen LogP contribution >= 0.6 is 0 Å². The zero-order chi connectivity index (χ0) is 56.5. The van der Waals surface area contributed by atoms with E-state index in [-0.39, 0.29) is 6.10 Å². The van der Waals surface area contributed by atoms with Gasteiger partial charge in [0.25, 0.3) is 0 Å². The fourth-order valence-corrected chi connectivity index (χ4v) is 10.9. The van der Waals surface area contributed by atoms with E-state index in [1.807, 2.05) is 0 Å². The summed E-state index contributed by atoms with van der Waals surface area (Å²) >= 11 is 0. The summed E-state index contributed by atoms with van der Waals surface area (Å²) in [5.74, 6) is 3.35. The van der Waals surface area contributed by atoms with Gasteiger partial charge in [-0.2, -0.15) is 0 Å². The van der Waals surface area contributed by atoms with Gasteiger partial charge in [0.2, 0.25) is 0 Å². The highest BCUT2D eigenvalue weighted by molar-refractivity contribution is 5.86. The van der Waals surface area contributed by atoms with E-state index in [0.717, 1.165) is 170 Å². The number of H-pyrrole nitrogens is 4. The van der Waals surface area contributed by atoms with Crippen LogP contribution in [0, 0.1) is 0 Å². The zero-order valence-corrected chi connectivity index (χ0v) is 49.4. The van der Waals surface area contributed by atoms with Crippen LogP contribution in [0.3, 0.4) is 0 Å². The molecule has 1 aliphatic heterocycles. The molecule has 4 aromatic heterocycles. The maximum atomic E-state index is 7.14. The second-order valence-corrected chi connectivity index (χ2v) is 22.4. The molecule has 4 aromatic carbocycles. The molecule has 0 spiro atoms. The second-order valence-electron chi connectivity index (χ2n) is 22.4. The third-order valence-electron chi connectivity index (χ3n) is 15.1. The minimum Gasteiger partial charge on any atom is -0.494 e. The summed E-state index contributed by atoms with van der Waals surface area (Å²) in [4.78, 5) is 22.6. The maximum absolute atomic E-state index is 7.14. The van der Waals surface area contributed by atoms with E-state index in [4.69, 9.17) is 18.9 Å². The minimum absolute atomic E-state index is 0.0890. The molecule has 8 bridgehead atoms. The summed E-state index contributed by atoms with van der Waals surface area (Å²) in [6, 6.07) is 51.8. The quantitative estimate of drug-likeness (QED) is 0.0346. The number of nitrogens with one attached hydrogen (secondary N) is 4.